The van der Waals surface area contributed by atoms with Crippen LogP contribution in [0, 0.1) is 19.8 Å². The molecule has 3 nitrogen and oxygen atoms in total. The van der Waals surface area contributed by atoms with Gasteiger partial charge >= 0.3 is 6.18 Å². The van der Waals surface area contributed by atoms with Gasteiger partial charge in [0.25, 0.3) is 0 Å². The molecule has 114 valence electrons. The number of hydrogen-bond acceptors (Lipinski definition) is 2. The van der Waals surface area contributed by atoms with Crippen LogP contribution in [-0.4, -0.2) is 22.0 Å². The molecular formula is C14H22F3N3. The van der Waals surface area contributed by atoms with E-state index in [2.05, 4.69) is 10.4 Å². The summed E-state index contributed by atoms with van der Waals surface area (Å²) in [5, 5.41) is 7.61. The third-order valence-electron chi connectivity index (χ3n) is 4.36. The lowest BCUT2D eigenvalue weighted by atomic mass is 9.85. The van der Waals surface area contributed by atoms with Gasteiger partial charge in [-0.2, -0.15) is 18.3 Å². The molecule has 1 N–H and O–H groups in total. The Kier molecular flexibility index (Phi) is 4.42. The summed E-state index contributed by atoms with van der Waals surface area (Å²) in [6, 6.07) is -0.0469. The van der Waals surface area contributed by atoms with E-state index in [9.17, 15) is 13.2 Å². The van der Waals surface area contributed by atoms with Gasteiger partial charge in [-0.15, -0.1) is 0 Å². The number of nitrogens with one attached hydrogen (secondary N) is 1. The summed E-state index contributed by atoms with van der Waals surface area (Å²) in [5.74, 6) is -1.15. The van der Waals surface area contributed by atoms with Crippen LogP contribution >= 0.6 is 0 Å². The highest BCUT2D eigenvalue weighted by molar-refractivity contribution is 5.24. The molecule has 1 fully saturated rings. The molecule has 1 saturated carbocycles. The van der Waals surface area contributed by atoms with Crippen molar-refractivity contribution in [3.05, 3.63) is 17.0 Å². The summed E-state index contributed by atoms with van der Waals surface area (Å²) < 4.78 is 40.1. The fourth-order valence-electron chi connectivity index (χ4n) is 2.99. The van der Waals surface area contributed by atoms with Crippen molar-refractivity contribution in [2.45, 2.75) is 58.3 Å². The highest BCUT2D eigenvalue weighted by Gasteiger charge is 2.42. The van der Waals surface area contributed by atoms with Crippen LogP contribution in [0.4, 0.5) is 13.2 Å². The first-order chi connectivity index (χ1) is 9.29. The van der Waals surface area contributed by atoms with E-state index in [0.717, 1.165) is 23.4 Å². The van der Waals surface area contributed by atoms with E-state index in [0.29, 0.717) is 13.0 Å². The van der Waals surface area contributed by atoms with E-state index in [1.54, 1.807) is 0 Å². The van der Waals surface area contributed by atoms with Crippen LogP contribution in [0.25, 0.3) is 0 Å². The van der Waals surface area contributed by atoms with E-state index < -0.39 is 12.1 Å². The minimum Gasteiger partial charge on any atom is -0.310 e. The van der Waals surface area contributed by atoms with E-state index in [1.807, 2.05) is 25.6 Å². The molecule has 1 heterocycles. The van der Waals surface area contributed by atoms with Crippen molar-refractivity contribution < 1.29 is 13.2 Å². The molecule has 2 rings (SSSR count). The smallest absolute Gasteiger partial charge is 0.310 e. The van der Waals surface area contributed by atoms with Crippen LogP contribution in [-0.2, 0) is 13.6 Å². The Hall–Kier alpha value is -1.04. The number of rotatable bonds is 3. The molecule has 0 bridgehead atoms. The molecule has 0 aromatic carbocycles. The van der Waals surface area contributed by atoms with Crippen molar-refractivity contribution in [3.8, 4) is 0 Å². The predicted molar refractivity (Wildman–Crippen MR) is 71.3 cm³/mol. The Morgan fingerprint density at radius 1 is 1.30 bits per heavy atom. The van der Waals surface area contributed by atoms with Gasteiger partial charge in [0.1, 0.15) is 0 Å². The molecule has 0 radical (unpaired) electrons. The summed E-state index contributed by atoms with van der Waals surface area (Å²) in [4.78, 5) is 0. The number of nitrogens with zero attached hydrogens (tertiary/aromatic N) is 2. The van der Waals surface area contributed by atoms with Crippen LogP contribution in [0.2, 0.25) is 0 Å². The molecule has 1 aromatic heterocycles. The van der Waals surface area contributed by atoms with Gasteiger partial charge in [-0.1, -0.05) is 6.42 Å². The first-order valence-electron chi connectivity index (χ1n) is 7.08. The van der Waals surface area contributed by atoms with Crippen molar-refractivity contribution in [2.24, 2.45) is 13.0 Å². The Bertz CT molecular complexity index is 465. The van der Waals surface area contributed by atoms with Gasteiger partial charge in [0.05, 0.1) is 11.6 Å². The highest BCUT2D eigenvalue weighted by atomic mass is 19.4. The average molecular weight is 289 g/mol. The van der Waals surface area contributed by atoms with Crippen LogP contribution < -0.4 is 5.32 Å². The van der Waals surface area contributed by atoms with Crippen molar-refractivity contribution >= 4 is 0 Å². The summed E-state index contributed by atoms with van der Waals surface area (Å²) in [6.07, 6.45) is -2.12. The van der Waals surface area contributed by atoms with E-state index in [4.69, 9.17) is 0 Å². The van der Waals surface area contributed by atoms with Gasteiger partial charge in [-0.3, -0.25) is 4.68 Å². The Balaban J connectivity index is 1.94. The zero-order chi connectivity index (χ0) is 14.9. The van der Waals surface area contributed by atoms with Gasteiger partial charge in [0.15, 0.2) is 0 Å². The lowest BCUT2D eigenvalue weighted by Gasteiger charge is -2.31. The second kappa shape index (κ2) is 5.76. The Labute approximate surface area is 117 Å². The molecule has 1 aliphatic carbocycles. The molecule has 0 spiro atoms. The highest BCUT2D eigenvalue weighted by Crippen LogP contribution is 2.37. The second-order valence-corrected chi connectivity index (χ2v) is 5.76. The summed E-state index contributed by atoms with van der Waals surface area (Å²) in [5.41, 5.74) is 3.11. The third kappa shape index (κ3) is 3.34. The number of halogens is 3. The minimum absolute atomic E-state index is 0.0469. The summed E-state index contributed by atoms with van der Waals surface area (Å²) in [7, 11) is 1.88. The number of aromatic nitrogens is 2. The van der Waals surface area contributed by atoms with Crippen molar-refractivity contribution in [2.75, 3.05) is 0 Å². The average Bonchev–Trinajstić information content (AvgIpc) is 2.61. The molecular weight excluding hydrogens is 267 g/mol. The fraction of sp³-hybridized carbons (Fsp3) is 0.786. The van der Waals surface area contributed by atoms with E-state index >= 15 is 0 Å². The van der Waals surface area contributed by atoms with Gasteiger partial charge in [-0.25, -0.2) is 0 Å². The molecule has 0 unspecified atom stereocenters. The van der Waals surface area contributed by atoms with Crippen molar-refractivity contribution in [1.29, 1.82) is 0 Å². The standard InChI is InChI=1S/C14H22F3N3/c1-9-13(10(2)20(3)19-9)8-18-12-6-4-5-11(7-12)14(15,16)17/h11-12,18H,4-8H2,1-3H3/t11-,12+/m1/s1. The molecule has 0 aliphatic heterocycles. The number of alkyl halides is 3. The first kappa shape index (κ1) is 15.4. The van der Waals surface area contributed by atoms with Gasteiger partial charge in [0, 0.05) is 30.9 Å². The third-order valence-corrected chi connectivity index (χ3v) is 4.36. The maximum Gasteiger partial charge on any atom is 0.391 e. The lowest BCUT2D eigenvalue weighted by molar-refractivity contribution is -0.183. The topological polar surface area (TPSA) is 29.9 Å². The Morgan fingerprint density at radius 2 is 2.00 bits per heavy atom. The molecule has 1 aromatic rings. The summed E-state index contributed by atoms with van der Waals surface area (Å²) >= 11 is 0. The minimum atomic E-state index is -4.06. The van der Waals surface area contributed by atoms with Gasteiger partial charge < -0.3 is 5.32 Å². The largest absolute Gasteiger partial charge is 0.391 e. The van der Waals surface area contributed by atoms with Gasteiger partial charge in [0.2, 0.25) is 0 Å². The number of aryl methyl sites for hydroxylation is 2. The zero-order valence-electron chi connectivity index (χ0n) is 12.2. The predicted octanol–water partition coefficient (Wildman–Crippen LogP) is 3.25. The van der Waals surface area contributed by atoms with Crippen LogP contribution in [0.15, 0.2) is 0 Å². The quantitative estimate of drug-likeness (QED) is 0.925. The fourth-order valence-corrected chi connectivity index (χ4v) is 2.99. The normalized spacial score (nSPS) is 24.1. The molecule has 20 heavy (non-hydrogen) atoms. The maximum absolute atomic E-state index is 12.8. The van der Waals surface area contributed by atoms with Crippen molar-refractivity contribution in [3.63, 3.8) is 0 Å². The molecule has 0 saturated heterocycles. The first-order valence-corrected chi connectivity index (χ1v) is 7.08. The van der Waals surface area contributed by atoms with Crippen LogP contribution in [0.5, 0.6) is 0 Å². The molecule has 0 amide bonds. The lowest BCUT2D eigenvalue weighted by Crippen LogP contribution is -2.38. The van der Waals surface area contributed by atoms with Gasteiger partial charge in [-0.05, 0) is 33.1 Å². The molecule has 6 heteroatoms. The second-order valence-electron chi connectivity index (χ2n) is 5.76. The molecule has 1 aliphatic rings. The molecule has 2 atom stereocenters. The van der Waals surface area contributed by atoms with E-state index in [1.165, 1.54) is 0 Å². The van der Waals surface area contributed by atoms with Crippen LogP contribution in [0.3, 0.4) is 0 Å². The Morgan fingerprint density at radius 3 is 2.55 bits per heavy atom. The zero-order valence-corrected chi connectivity index (χ0v) is 12.2. The van der Waals surface area contributed by atoms with E-state index in [-0.39, 0.29) is 18.9 Å². The maximum atomic E-state index is 12.8. The monoisotopic (exact) mass is 289 g/mol. The van der Waals surface area contributed by atoms with Crippen molar-refractivity contribution in [1.82, 2.24) is 15.1 Å². The number of hydrogen-bond donors (Lipinski definition) is 1. The SMILES string of the molecule is Cc1nn(C)c(C)c1CN[C@H]1CCC[C@@H](C(F)(F)F)C1. The van der Waals surface area contributed by atoms with Crippen LogP contribution in [0.1, 0.15) is 42.6 Å². The summed E-state index contributed by atoms with van der Waals surface area (Å²) in [6.45, 7) is 4.51.